The lowest BCUT2D eigenvalue weighted by atomic mass is 9.99. The maximum Gasteiger partial charge on any atom is 0.264 e. The number of carbonyl (C=O) groups is 1. The lowest BCUT2D eigenvalue weighted by Crippen LogP contribution is -2.30. The Hall–Kier alpha value is -2.53. The number of halogens is 1. The molecule has 0 fully saturated rings. The van der Waals surface area contributed by atoms with Crippen molar-refractivity contribution in [3.05, 3.63) is 53.1 Å². The Morgan fingerprint density at radius 2 is 1.78 bits per heavy atom. The molecule has 2 N–H and O–H groups in total. The van der Waals surface area contributed by atoms with Gasteiger partial charge in [-0.2, -0.15) is 8.42 Å². The third kappa shape index (κ3) is 6.04. The maximum atomic E-state index is 11.8. The van der Waals surface area contributed by atoms with E-state index < -0.39 is 10.1 Å². The van der Waals surface area contributed by atoms with Crippen molar-refractivity contribution < 1.29 is 22.5 Å². The molecule has 0 atom stereocenters. The topological polar surface area (TPSA) is 109 Å². The van der Waals surface area contributed by atoms with E-state index in [0.717, 1.165) is 33.8 Å². The summed E-state index contributed by atoms with van der Waals surface area (Å²) in [7, 11) is -3.53. The molecule has 0 aliphatic heterocycles. The summed E-state index contributed by atoms with van der Waals surface area (Å²) in [6, 6.07) is 15.3. The number of pyridine rings is 1. The average Bonchev–Trinajstić information content (AvgIpc) is 2.72. The summed E-state index contributed by atoms with van der Waals surface area (Å²) in [5.74, 6) is 0.224. The number of nitrogens with one attached hydrogen (secondary N) is 1. The van der Waals surface area contributed by atoms with Gasteiger partial charge in [0.2, 0.25) is 5.91 Å². The second-order valence-electron chi connectivity index (χ2n) is 7.14. The molecule has 0 saturated heterocycles. The van der Waals surface area contributed by atoms with E-state index in [0.29, 0.717) is 23.5 Å². The monoisotopic (exact) mass is 521 g/mol. The molecular weight excluding hydrogens is 498 g/mol. The zero-order chi connectivity index (χ0) is 23.3. The van der Waals surface area contributed by atoms with Crippen LogP contribution in [0.25, 0.3) is 21.9 Å². The van der Waals surface area contributed by atoms with Crippen LogP contribution in [-0.4, -0.2) is 57.0 Å². The molecular formula is C22H24BrN3O5S. The van der Waals surface area contributed by atoms with Crippen molar-refractivity contribution in [3.63, 3.8) is 0 Å². The Morgan fingerprint density at radius 1 is 1.12 bits per heavy atom. The van der Waals surface area contributed by atoms with Gasteiger partial charge in [0.05, 0.1) is 19.5 Å². The summed E-state index contributed by atoms with van der Waals surface area (Å²) >= 11 is 3.48. The van der Waals surface area contributed by atoms with Gasteiger partial charge in [-0.1, -0.05) is 36.4 Å². The number of nitrogens with zero attached hydrogens (tertiary/aromatic N) is 2. The quantitative estimate of drug-likeness (QED) is 0.328. The van der Waals surface area contributed by atoms with Crippen molar-refractivity contribution in [1.29, 1.82) is 0 Å². The smallest absolute Gasteiger partial charge is 0.264 e. The highest BCUT2D eigenvalue weighted by Gasteiger charge is 2.16. The van der Waals surface area contributed by atoms with Crippen molar-refractivity contribution in [3.8, 4) is 11.1 Å². The van der Waals surface area contributed by atoms with E-state index >= 15 is 0 Å². The van der Waals surface area contributed by atoms with E-state index in [4.69, 9.17) is 4.18 Å². The van der Waals surface area contributed by atoms with Gasteiger partial charge in [-0.3, -0.25) is 8.98 Å². The van der Waals surface area contributed by atoms with Crippen LogP contribution in [0.5, 0.6) is 0 Å². The maximum absolute atomic E-state index is 11.8. The van der Waals surface area contributed by atoms with Gasteiger partial charge in [0.15, 0.2) is 0 Å². The van der Waals surface area contributed by atoms with Crippen LogP contribution in [0.4, 0.5) is 11.5 Å². The minimum Gasteiger partial charge on any atom is -0.395 e. The number of aromatic nitrogens is 1. The first-order valence-corrected chi connectivity index (χ1v) is 12.5. The highest BCUT2D eigenvalue weighted by atomic mass is 79.9. The summed E-state index contributed by atoms with van der Waals surface area (Å²) in [4.78, 5) is 18.2. The molecule has 0 spiro atoms. The van der Waals surface area contributed by atoms with E-state index in [1.54, 1.807) is 0 Å². The lowest BCUT2D eigenvalue weighted by molar-refractivity contribution is -0.114. The zero-order valence-electron chi connectivity index (χ0n) is 17.7. The minimum atomic E-state index is -3.53. The van der Waals surface area contributed by atoms with Crippen LogP contribution in [0.1, 0.15) is 6.92 Å². The van der Waals surface area contributed by atoms with Crippen LogP contribution in [0.2, 0.25) is 0 Å². The molecule has 8 nitrogen and oxygen atoms in total. The number of anilines is 2. The Balaban J connectivity index is 1.98. The van der Waals surface area contributed by atoms with Gasteiger partial charge < -0.3 is 15.3 Å². The molecule has 1 amide bonds. The molecule has 0 bridgehead atoms. The van der Waals surface area contributed by atoms with Crippen LogP contribution in [0.15, 0.2) is 53.1 Å². The van der Waals surface area contributed by atoms with Gasteiger partial charge >= 0.3 is 0 Å². The third-order valence-electron chi connectivity index (χ3n) is 4.71. The number of fused-ring (bicyclic) bond motifs is 1. The molecule has 3 aromatic rings. The predicted octanol–water partition coefficient (Wildman–Crippen LogP) is 3.40. The Morgan fingerprint density at radius 3 is 2.38 bits per heavy atom. The second-order valence-corrected chi connectivity index (χ2v) is 9.53. The first-order chi connectivity index (χ1) is 15.2. The Bertz CT molecular complexity index is 1220. The van der Waals surface area contributed by atoms with Crippen LogP contribution in [0.3, 0.4) is 0 Å². The summed E-state index contributed by atoms with van der Waals surface area (Å²) in [5, 5.41) is 14.1. The average molecular weight is 522 g/mol. The molecule has 1 heterocycles. The van der Waals surface area contributed by atoms with E-state index in [1.165, 1.54) is 6.92 Å². The first-order valence-electron chi connectivity index (χ1n) is 9.86. The molecule has 0 aliphatic rings. The molecule has 0 saturated carbocycles. The molecule has 0 radical (unpaired) electrons. The fourth-order valence-electron chi connectivity index (χ4n) is 3.40. The summed E-state index contributed by atoms with van der Waals surface area (Å²) in [6.45, 7) is 1.95. The zero-order valence-corrected chi connectivity index (χ0v) is 20.1. The molecule has 0 unspecified atom stereocenters. The normalized spacial score (nSPS) is 11.5. The highest BCUT2D eigenvalue weighted by Crippen LogP contribution is 2.38. The van der Waals surface area contributed by atoms with Crippen LogP contribution < -0.4 is 10.2 Å². The molecule has 0 aliphatic carbocycles. The number of aliphatic hydroxyl groups is 1. The van der Waals surface area contributed by atoms with Crippen molar-refractivity contribution in [2.24, 2.45) is 0 Å². The summed E-state index contributed by atoms with van der Waals surface area (Å²) in [5.41, 5.74) is 2.44. The highest BCUT2D eigenvalue weighted by molar-refractivity contribution is 9.10. The van der Waals surface area contributed by atoms with Crippen LogP contribution >= 0.6 is 15.9 Å². The Labute approximate surface area is 195 Å². The number of hydrogen-bond acceptors (Lipinski definition) is 7. The molecule has 32 heavy (non-hydrogen) atoms. The van der Waals surface area contributed by atoms with Gasteiger partial charge in [0.1, 0.15) is 10.4 Å². The van der Waals surface area contributed by atoms with Gasteiger partial charge in [-0.15, -0.1) is 0 Å². The molecule has 10 heteroatoms. The van der Waals surface area contributed by atoms with E-state index in [1.807, 2.05) is 53.4 Å². The first kappa shape index (κ1) is 24.1. The number of rotatable bonds is 9. The molecule has 1 aromatic heterocycles. The van der Waals surface area contributed by atoms with Crippen molar-refractivity contribution >= 4 is 54.2 Å². The lowest BCUT2D eigenvalue weighted by Gasteiger charge is -2.24. The van der Waals surface area contributed by atoms with Gasteiger partial charge in [0.25, 0.3) is 10.1 Å². The summed E-state index contributed by atoms with van der Waals surface area (Å²) in [6.07, 6.45) is 1.00. The summed E-state index contributed by atoms with van der Waals surface area (Å²) < 4.78 is 27.9. The second kappa shape index (κ2) is 10.4. The van der Waals surface area contributed by atoms with Crippen molar-refractivity contribution in [1.82, 2.24) is 4.98 Å². The van der Waals surface area contributed by atoms with Crippen molar-refractivity contribution in [2.75, 3.05) is 42.8 Å². The van der Waals surface area contributed by atoms with Gasteiger partial charge in [0, 0.05) is 36.7 Å². The number of hydrogen-bond donors (Lipinski definition) is 2. The van der Waals surface area contributed by atoms with Gasteiger partial charge in [-0.25, -0.2) is 4.98 Å². The minimum absolute atomic E-state index is 0.0193. The number of aliphatic hydroxyl groups excluding tert-OH is 1. The molecule has 2 aromatic carbocycles. The molecule has 3 rings (SSSR count). The van der Waals surface area contributed by atoms with E-state index in [9.17, 15) is 18.3 Å². The number of amides is 1. The largest absolute Gasteiger partial charge is 0.395 e. The molecule has 170 valence electrons. The number of carbonyl (C=O) groups excluding carboxylic acids is 1. The SMILES string of the molecule is CC(=O)Nc1nc(Br)c2ccccc2c1-c1ccc(N(CCO)CCOS(C)(=O)=O)cc1. The van der Waals surface area contributed by atoms with Crippen LogP contribution in [0, 0.1) is 0 Å². The Kier molecular flexibility index (Phi) is 7.83. The standard InChI is InChI=1S/C22H24BrN3O5S/c1-15(28)24-22-20(18-5-3-4-6-19(18)21(23)25-22)16-7-9-17(10-8-16)26(11-13-27)12-14-31-32(2,29)30/h3-10,27H,11-14H2,1-2H3,(H,24,25,28). The van der Waals surface area contributed by atoms with E-state index in [2.05, 4.69) is 26.2 Å². The third-order valence-corrected chi connectivity index (χ3v) is 5.91. The van der Waals surface area contributed by atoms with E-state index in [-0.39, 0.29) is 19.1 Å². The fraction of sp³-hybridized carbons (Fsp3) is 0.273. The van der Waals surface area contributed by atoms with Gasteiger partial charge in [-0.05, 0) is 39.0 Å². The van der Waals surface area contributed by atoms with Crippen LogP contribution in [-0.2, 0) is 19.1 Å². The number of benzene rings is 2. The van der Waals surface area contributed by atoms with Crippen molar-refractivity contribution in [2.45, 2.75) is 6.92 Å². The predicted molar refractivity (Wildman–Crippen MR) is 129 cm³/mol. The fourth-order valence-corrected chi connectivity index (χ4v) is 4.30.